The van der Waals surface area contributed by atoms with E-state index in [1.807, 2.05) is 12.1 Å². The predicted molar refractivity (Wildman–Crippen MR) is 58.9 cm³/mol. The summed E-state index contributed by atoms with van der Waals surface area (Å²) in [6, 6.07) is 4.74. The molecule has 3 nitrogen and oxygen atoms in total. The lowest BCUT2D eigenvalue weighted by atomic mass is 10.1. The van der Waals surface area contributed by atoms with Gasteiger partial charge in [0.1, 0.15) is 0 Å². The van der Waals surface area contributed by atoms with Crippen LogP contribution in [0.4, 0.5) is 0 Å². The van der Waals surface area contributed by atoms with Gasteiger partial charge in [-0.15, -0.1) is 0 Å². The summed E-state index contributed by atoms with van der Waals surface area (Å²) in [6.45, 7) is 5.89. The molecule has 0 aromatic carbocycles. The maximum Gasteiger partial charge on any atom is 0.0448 e. The number of hydrogen-bond acceptors (Lipinski definition) is 2. The molecule has 2 heterocycles. The monoisotopic (exact) mass is 193 g/mol. The molecule has 3 heteroatoms. The van der Waals surface area contributed by atoms with Gasteiger partial charge in [0.15, 0.2) is 0 Å². The van der Waals surface area contributed by atoms with Crippen molar-refractivity contribution >= 4 is 0 Å². The Labute approximate surface area is 85.7 Å². The van der Waals surface area contributed by atoms with Crippen LogP contribution in [0.5, 0.6) is 0 Å². The quantitative estimate of drug-likeness (QED) is 0.785. The maximum atomic E-state index is 3.50. The van der Waals surface area contributed by atoms with Gasteiger partial charge in [-0.05, 0) is 31.5 Å². The molecule has 78 valence electrons. The highest BCUT2D eigenvalue weighted by Crippen LogP contribution is 2.10. The SMILES string of the molecule is CCN1CCC(Nn2cccc2)CC1. The van der Waals surface area contributed by atoms with Crippen LogP contribution in [0.25, 0.3) is 0 Å². The Morgan fingerprint density at radius 1 is 1.21 bits per heavy atom. The minimum atomic E-state index is 0.644. The van der Waals surface area contributed by atoms with Gasteiger partial charge in [0.2, 0.25) is 0 Å². The van der Waals surface area contributed by atoms with Crippen molar-refractivity contribution < 1.29 is 0 Å². The third-order valence-corrected chi connectivity index (χ3v) is 2.97. The Morgan fingerprint density at radius 2 is 1.86 bits per heavy atom. The topological polar surface area (TPSA) is 20.2 Å². The second kappa shape index (κ2) is 4.51. The zero-order valence-electron chi connectivity index (χ0n) is 8.82. The second-order valence-electron chi connectivity index (χ2n) is 3.93. The molecule has 0 amide bonds. The summed E-state index contributed by atoms with van der Waals surface area (Å²) in [5.41, 5.74) is 3.50. The van der Waals surface area contributed by atoms with E-state index in [1.54, 1.807) is 0 Å². The predicted octanol–water partition coefficient (Wildman–Crippen LogP) is 1.52. The van der Waals surface area contributed by atoms with Gasteiger partial charge in [0.25, 0.3) is 0 Å². The van der Waals surface area contributed by atoms with Crippen molar-refractivity contribution in [2.45, 2.75) is 25.8 Å². The normalized spacial score (nSPS) is 19.8. The number of aromatic nitrogens is 1. The van der Waals surface area contributed by atoms with Gasteiger partial charge in [-0.2, -0.15) is 0 Å². The van der Waals surface area contributed by atoms with E-state index >= 15 is 0 Å². The largest absolute Gasteiger partial charge is 0.323 e. The fourth-order valence-electron chi connectivity index (χ4n) is 2.01. The third kappa shape index (κ3) is 2.29. The van der Waals surface area contributed by atoms with E-state index in [0.717, 1.165) is 0 Å². The number of likely N-dealkylation sites (tertiary alicyclic amines) is 1. The molecule has 14 heavy (non-hydrogen) atoms. The zero-order valence-corrected chi connectivity index (χ0v) is 8.82. The molecule has 0 unspecified atom stereocenters. The first-order valence-corrected chi connectivity index (χ1v) is 5.50. The third-order valence-electron chi connectivity index (χ3n) is 2.97. The summed E-state index contributed by atoms with van der Waals surface area (Å²) >= 11 is 0. The fraction of sp³-hybridized carbons (Fsp3) is 0.636. The van der Waals surface area contributed by atoms with E-state index in [1.165, 1.54) is 32.5 Å². The lowest BCUT2D eigenvalue weighted by molar-refractivity contribution is 0.225. The summed E-state index contributed by atoms with van der Waals surface area (Å²) in [5, 5.41) is 0. The van der Waals surface area contributed by atoms with Crippen LogP contribution in [0.1, 0.15) is 19.8 Å². The summed E-state index contributed by atoms with van der Waals surface area (Å²) < 4.78 is 2.06. The molecule has 1 N–H and O–H groups in total. The number of piperidine rings is 1. The van der Waals surface area contributed by atoms with Crippen molar-refractivity contribution in [3.8, 4) is 0 Å². The number of nitrogens with zero attached hydrogens (tertiary/aromatic N) is 2. The van der Waals surface area contributed by atoms with Crippen molar-refractivity contribution in [3.05, 3.63) is 24.5 Å². The Hall–Kier alpha value is -0.960. The molecule has 0 spiro atoms. The summed E-state index contributed by atoms with van der Waals surface area (Å²) in [7, 11) is 0. The first kappa shape index (κ1) is 9.59. The molecule has 2 rings (SSSR count). The number of hydrogen-bond donors (Lipinski definition) is 1. The second-order valence-corrected chi connectivity index (χ2v) is 3.93. The average molecular weight is 193 g/mol. The summed E-state index contributed by atoms with van der Waals surface area (Å²) in [4.78, 5) is 2.51. The van der Waals surface area contributed by atoms with E-state index in [2.05, 4.69) is 34.3 Å². The molecule has 1 aliphatic rings. The molecule has 1 aromatic rings. The Morgan fingerprint density at radius 3 is 2.43 bits per heavy atom. The molecule has 0 saturated carbocycles. The molecule has 1 aromatic heterocycles. The number of nitrogens with one attached hydrogen (secondary N) is 1. The van der Waals surface area contributed by atoms with Gasteiger partial charge >= 0.3 is 0 Å². The Bertz CT molecular complexity index is 248. The van der Waals surface area contributed by atoms with Crippen LogP contribution in [-0.2, 0) is 0 Å². The van der Waals surface area contributed by atoms with Crippen LogP contribution in [-0.4, -0.2) is 35.3 Å². The highest BCUT2D eigenvalue weighted by atomic mass is 15.4. The van der Waals surface area contributed by atoms with Crippen LogP contribution in [0, 0.1) is 0 Å². The van der Waals surface area contributed by atoms with Crippen LogP contribution >= 0.6 is 0 Å². The molecular formula is C11H19N3. The van der Waals surface area contributed by atoms with E-state index in [-0.39, 0.29) is 0 Å². The van der Waals surface area contributed by atoms with E-state index in [0.29, 0.717) is 6.04 Å². The Balaban J connectivity index is 1.79. The van der Waals surface area contributed by atoms with E-state index < -0.39 is 0 Å². The Kier molecular flexibility index (Phi) is 3.09. The van der Waals surface area contributed by atoms with Crippen LogP contribution in [0.15, 0.2) is 24.5 Å². The van der Waals surface area contributed by atoms with Gasteiger partial charge < -0.3 is 10.3 Å². The van der Waals surface area contributed by atoms with Gasteiger partial charge in [0.05, 0.1) is 0 Å². The highest BCUT2D eigenvalue weighted by Gasteiger charge is 2.17. The van der Waals surface area contributed by atoms with E-state index in [9.17, 15) is 0 Å². The lowest BCUT2D eigenvalue weighted by Crippen LogP contribution is -2.41. The van der Waals surface area contributed by atoms with Crippen molar-refractivity contribution in [1.29, 1.82) is 0 Å². The van der Waals surface area contributed by atoms with Gasteiger partial charge in [0, 0.05) is 31.5 Å². The minimum Gasteiger partial charge on any atom is -0.323 e. The zero-order chi connectivity index (χ0) is 9.80. The highest BCUT2D eigenvalue weighted by molar-refractivity contribution is 4.96. The van der Waals surface area contributed by atoms with Crippen LogP contribution in [0.3, 0.4) is 0 Å². The molecule has 1 fully saturated rings. The smallest absolute Gasteiger partial charge is 0.0448 e. The summed E-state index contributed by atoms with van der Waals surface area (Å²) in [6.07, 6.45) is 6.64. The molecule has 0 aliphatic carbocycles. The molecule has 1 aliphatic heterocycles. The van der Waals surface area contributed by atoms with Crippen molar-refractivity contribution in [1.82, 2.24) is 9.58 Å². The molecule has 0 atom stereocenters. The standard InChI is InChI=1S/C11H19N3/c1-2-13-9-5-11(6-10-13)12-14-7-3-4-8-14/h3-4,7-8,11-12H,2,5-6,9-10H2,1H3. The minimum absolute atomic E-state index is 0.644. The van der Waals surface area contributed by atoms with Crippen LogP contribution in [0.2, 0.25) is 0 Å². The molecule has 1 saturated heterocycles. The first-order valence-electron chi connectivity index (χ1n) is 5.50. The van der Waals surface area contributed by atoms with Gasteiger partial charge in [-0.1, -0.05) is 6.92 Å². The molecule has 0 bridgehead atoms. The van der Waals surface area contributed by atoms with E-state index in [4.69, 9.17) is 0 Å². The number of rotatable bonds is 3. The van der Waals surface area contributed by atoms with Crippen molar-refractivity contribution in [2.24, 2.45) is 0 Å². The average Bonchev–Trinajstić information content (AvgIpc) is 2.72. The van der Waals surface area contributed by atoms with Crippen molar-refractivity contribution in [3.63, 3.8) is 0 Å². The molecular weight excluding hydrogens is 174 g/mol. The van der Waals surface area contributed by atoms with Gasteiger partial charge in [-0.3, -0.25) is 4.68 Å². The maximum absolute atomic E-state index is 3.50. The fourth-order valence-corrected chi connectivity index (χ4v) is 2.01. The van der Waals surface area contributed by atoms with Crippen molar-refractivity contribution in [2.75, 3.05) is 25.1 Å². The van der Waals surface area contributed by atoms with Gasteiger partial charge in [-0.25, -0.2) is 0 Å². The molecule has 0 radical (unpaired) electrons. The van der Waals surface area contributed by atoms with Crippen LogP contribution < -0.4 is 5.43 Å². The first-order chi connectivity index (χ1) is 6.88. The summed E-state index contributed by atoms with van der Waals surface area (Å²) in [5.74, 6) is 0. The lowest BCUT2D eigenvalue weighted by Gasteiger charge is -2.32.